The zero-order valence-corrected chi connectivity index (χ0v) is 15.9. The predicted octanol–water partition coefficient (Wildman–Crippen LogP) is 1.14. The first-order chi connectivity index (χ1) is 13.3. The van der Waals surface area contributed by atoms with Crippen molar-refractivity contribution < 1.29 is 19.5 Å². The first-order valence-electron chi connectivity index (χ1n) is 9.73. The third-order valence-corrected chi connectivity index (χ3v) is 6.64. The summed E-state index contributed by atoms with van der Waals surface area (Å²) in [6.07, 6.45) is 3.04. The Balaban J connectivity index is 1.75. The molecule has 2 N–H and O–H groups in total. The molecule has 4 atom stereocenters. The number of aliphatic hydroxyl groups is 1. The molecule has 1 aromatic rings. The van der Waals surface area contributed by atoms with Crippen LogP contribution >= 0.6 is 0 Å². The van der Waals surface area contributed by atoms with Gasteiger partial charge in [-0.2, -0.15) is 0 Å². The van der Waals surface area contributed by atoms with Crippen molar-refractivity contribution in [1.82, 2.24) is 9.80 Å². The quantitative estimate of drug-likeness (QED) is 0.714. The van der Waals surface area contributed by atoms with Crippen LogP contribution in [0.5, 0.6) is 0 Å². The largest absolute Gasteiger partial charge is 0.363 e. The van der Waals surface area contributed by atoms with Gasteiger partial charge in [-0.3, -0.25) is 19.3 Å². The SMILES string of the molecule is CC(C)=C[C@@H]1N2C(=O)[C@@H]3CCCN3C(=O)[C@]2(O)C[C@@]12C(=O)Nc1ccccc12. The van der Waals surface area contributed by atoms with Gasteiger partial charge in [0, 0.05) is 18.7 Å². The molecule has 3 fully saturated rings. The van der Waals surface area contributed by atoms with E-state index in [1.807, 2.05) is 44.2 Å². The van der Waals surface area contributed by atoms with Gasteiger partial charge < -0.3 is 15.3 Å². The third kappa shape index (κ3) is 1.90. The molecule has 146 valence electrons. The molecule has 4 heterocycles. The summed E-state index contributed by atoms with van der Waals surface area (Å²) in [7, 11) is 0. The number of carbonyl (C=O) groups is 3. The van der Waals surface area contributed by atoms with E-state index in [-0.39, 0.29) is 18.2 Å². The molecule has 0 aliphatic carbocycles. The Morgan fingerprint density at radius 1 is 1.25 bits per heavy atom. The third-order valence-electron chi connectivity index (χ3n) is 6.64. The Labute approximate surface area is 163 Å². The highest BCUT2D eigenvalue weighted by Crippen LogP contribution is 2.56. The van der Waals surface area contributed by atoms with Gasteiger partial charge in [0.2, 0.25) is 17.5 Å². The maximum absolute atomic E-state index is 13.4. The fourth-order valence-corrected chi connectivity index (χ4v) is 5.52. The van der Waals surface area contributed by atoms with Crippen molar-refractivity contribution in [3.05, 3.63) is 41.5 Å². The molecule has 28 heavy (non-hydrogen) atoms. The number of amides is 3. The van der Waals surface area contributed by atoms with Gasteiger partial charge in [-0.25, -0.2) is 0 Å². The number of para-hydroxylation sites is 1. The molecule has 0 unspecified atom stereocenters. The maximum atomic E-state index is 13.4. The average Bonchev–Trinajstić information content (AvgIpc) is 3.30. The lowest BCUT2D eigenvalue weighted by Crippen LogP contribution is -2.69. The number of piperazine rings is 1. The molecule has 1 aromatic carbocycles. The molecule has 5 rings (SSSR count). The highest BCUT2D eigenvalue weighted by molar-refractivity contribution is 6.10. The minimum absolute atomic E-state index is 0.134. The average molecular weight is 381 g/mol. The zero-order chi connectivity index (χ0) is 19.8. The number of allylic oxidation sites excluding steroid dienone is 1. The van der Waals surface area contributed by atoms with Crippen LogP contribution < -0.4 is 5.32 Å². The number of hydrogen-bond acceptors (Lipinski definition) is 4. The van der Waals surface area contributed by atoms with Gasteiger partial charge in [0.15, 0.2) is 0 Å². The van der Waals surface area contributed by atoms with Crippen molar-refractivity contribution in [2.24, 2.45) is 0 Å². The molecule has 4 aliphatic rings. The van der Waals surface area contributed by atoms with E-state index < -0.39 is 29.1 Å². The molecule has 0 radical (unpaired) electrons. The lowest BCUT2D eigenvalue weighted by Gasteiger charge is -2.45. The number of anilines is 1. The van der Waals surface area contributed by atoms with Gasteiger partial charge in [-0.1, -0.05) is 29.8 Å². The van der Waals surface area contributed by atoms with Gasteiger partial charge in [0.1, 0.15) is 11.5 Å². The molecule has 3 saturated heterocycles. The van der Waals surface area contributed by atoms with Crippen LogP contribution in [-0.2, 0) is 19.8 Å². The summed E-state index contributed by atoms with van der Waals surface area (Å²) >= 11 is 0. The van der Waals surface area contributed by atoms with Crippen LogP contribution in [0.3, 0.4) is 0 Å². The normalized spacial score (nSPS) is 35.8. The number of nitrogens with zero attached hydrogens (tertiary/aromatic N) is 2. The molecule has 0 aromatic heterocycles. The van der Waals surface area contributed by atoms with Gasteiger partial charge in [-0.05, 0) is 38.3 Å². The zero-order valence-electron chi connectivity index (χ0n) is 15.9. The standard InChI is InChI=1S/C21H23N3O4/c1-12(2)10-16-20(13-6-3-4-7-14(13)22-18(20)26)11-21(28)19(27)23-9-5-8-15(23)17(25)24(16)21/h3-4,6-7,10,15-16,28H,5,8-9,11H2,1-2H3,(H,22,26)/t15-,16-,20-,21+/m0/s1. The van der Waals surface area contributed by atoms with E-state index in [4.69, 9.17) is 0 Å². The van der Waals surface area contributed by atoms with Crippen LogP contribution in [0.25, 0.3) is 0 Å². The number of fused-ring (bicyclic) bond motifs is 4. The molecule has 4 aliphatic heterocycles. The summed E-state index contributed by atoms with van der Waals surface area (Å²) in [5.41, 5.74) is -0.883. The summed E-state index contributed by atoms with van der Waals surface area (Å²) in [6, 6.07) is 6.06. The van der Waals surface area contributed by atoms with Crippen LogP contribution in [0.15, 0.2) is 35.9 Å². The minimum Gasteiger partial charge on any atom is -0.363 e. The fourth-order valence-electron chi connectivity index (χ4n) is 5.52. The summed E-state index contributed by atoms with van der Waals surface area (Å²) in [5, 5.41) is 14.5. The molecule has 3 amide bonds. The first-order valence-corrected chi connectivity index (χ1v) is 9.73. The summed E-state index contributed by atoms with van der Waals surface area (Å²) in [5.74, 6) is -1.01. The number of benzene rings is 1. The van der Waals surface area contributed by atoms with E-state index in [9.17, 15) is 19.5 Å². The summed E-state index contributed by atoms with van der Waals surface area (Å²) in [4.78, 5) is 42.8. The van der Waals surface area contributed by atoms with Crippen LogP contribution in [0.2, 0.25) is 0 Å². The number of rotatable bonds is 1. The Kier molecular flexibility index (Phi) is 3.39. The monoisotopic (exact) mass is 381 g/mol. The Hall–Kier alpha value is -2.67. The van der Waals surface area contributed by atoms with Crippen molar-refractivity contribution in [2.75, 3.05) is 11.9 Å². The second-order valence-electron chi connectivity index (χ2n) is 8.52. The molecule has 0 bridgehead atoms. The summed E-state index contributed by atoms with van der Waals surface area (Å²) in [6.45, 7) is 4.25. The van der Waals surface area contributed by atoms with Crippen LogP contribution in [0.1, 0.15) is 38.7 Å². The predicted molar refractivity (Wildman–Crippen MR) is 101 cm³/mol. The van der Waals surface area contributed by atoms with Gasteiger partial charge in [0.25, 0.3) is 5.91 Å². The molecular weight excluding hydrogens is 358 g/mol. The van der Waals surface area contributed by atoms with Gasteiger partial charge in [-0.15, -0.1) is 0 Å². The summed E-state index contributed by atoms with van der Waals surface area (Å²) < 4.78 is 0. The number of hydrogen-bond donors (Lipinski definition) is 2. The van der Waals surface area contributed by atoms with Crippen molar-refractivity contribution >= 4 is 23.4 Å². The second-order valence-corrected chi connectivity index (χ2v) is 8.52. The Morgan fingerprint density at radius 2 is 2.00 bits per heavy atom. The van der Waals surface area contributed by atoms with E-state index in [1.54, 1.807) is 0 Å². The van der Waals surface area contributed by atoms with E-state index in [0.29, 0.717) is 18.7 Å². The topological polar surface area (TPSA) is 90.0 Å². The highest BCUT2D eigenvalue weighted by atomic mass is 16.3. The number of nitrogens with one attached hydrogen (secondary N) is 1. The Bertz CT molecular complexity index is 953. The van der Waals surface area contributed by atoms with Crippen molar-refractivity contribution in [2.45, 2.75) is 56.3 Å². The van der Waals surface area contributed by atoms with Crippen molar-refractivity contribution in [3.63, 3.8) is 0 Å². The number of carbonyl (C=O) groups excluding carboxylic acids is 3. The smallest absolute Gasteiger partial charge is 0.276 e. The van der Waals surface area contributed by atoms with E-state index in [1.165, 1.54) is 9.80 Å². The maximum Gasteiger partial charge on any atom is 0.276 e. The lowest BCUT2D eigenvalue weighted by molar-refractivity contribution is -0.192. The van der Waals surface area contributed by atoms with Gasteiger partial charge >= 0.3 is 0 Å². The molecule has 7 nitrogen and oxygen atoms in total. The van der Waals surface area contributed by atoms with Crippen molar-refractivity contribution in [3.8, 4) is 0 Å². The highest BCUT2D eigenvalue weighted by Gasteiger charge is 2.72. The molecule has 1 spiro atoms. The molecule has 7 heteroatoms. The molecule has 0 saturated carbocycles. The first kappa shape index (κ1) is 17.4. The van der Waals surface area contributed by atoms with E-state index in [0.717, 1.165) is 17.6 Å². The van der Waals surface area contributed by atoms with Crippen LogP contribution in [0.4, 0.5) is 5.69 Å². The van der Waals surface area contributed by atoms with Crippen LogP contribution in [0, 0.1) is 0 Å². The second kappa shape index (κ2) is 5.44. The van der Waals surface area contributed by atoms with Crippen LogP contribution in [-0.4, -0.2) is 57.0 Å². The Morgan fingerprint density at radius 3 is 2.75 bits per heavy atom. The minimum atomic E-state index is -2.01. The lowest BCUT2D eigenvalue weighted by atomic mass is 9.73. The fraction of sp³-hybridized carbons (Fsp3) is 0.476. The van der Waals surface area contributed by atoms with E-state index in [2.05, 4.69) is 5.32 Å². The molecular formula is C21H23N3O4. The van der Waals surface area contributed by atoms with Crippen molar-refractivity contribution in [1.29, 1.82) is 0 Å². The van der Waals surface area contributed by atoms with E-state index >= 15 is 0 Å². The van der Waals surface area contributed by atoms with Gasteiger partial charge in [0.05, 0.1) is 6.04 Å².